The van der Waals surface area contributed by atoms with Gasteiger partial charge in [0.15, 0.2) is 5.76 Å². The first-order chi connectivity index (χ1) is 10.8. The van der Waals surface area contributed by atoms with Crippen molar-refractivity contribution in [3.05, 3.63) is 48.2 Å². The first-order valence-electron chi connectivity index (χ1n) is 7.96. The Balaban J connectivity index is 1.44. The van der Waals surface area contributed by atoms with Crippen LogP contribution in [0.4, 0.5) is 0 Å². The van der Waals surface area contributed by atoms with Crippen molar-refractivity contribution in [3.63, 3.8) is 0 Å². The highest BCUT2D eigenvalue weighted by atomic mass is 16.3. The lowest BCUT2D eigenvalue weighted by Crippen LogP contribution is -2.46. The van der Waals surface area contributed by atoms with Gasteiger partial charge >= 0.3 is 0 Å². The summed E-state index contributed by atoms with van der Waals surface area (Å²) in [5.41, 5.74) is 0.989. The summed E-state index contributed by atoms with van der Waals surface area (Å²) in [7, 11) is 0. The Labute approximate surface area is 130 Å². The van der Waals surface area contributed by atoms with Crippen molar-refractivity contribution in [2.24, 2.45) is 5.92 Å². The van der Waals surface area contributed by atoms with Crippen LogP contribution in [0.3, 0.4) is 0 Å². The quantitative estimate of drug-likeness (QED) is 0.947. The van der Waals surface area contributed by atoms with Gasteiger partial charge in [0.05, 0.1) is 0 Å². The number of hydrogen-bond acceptors (Lipinski definition) is 3. The van der Waals surface area contributed by atoms with Crippen LogP contribution in [0, 0.1) is 5.92 Å². The van der Waals surface area contributed by atoms with Gasteiger partial charge in [0.25, 0.3) is 5.91 Å². The highest BCUT2D eigenvalue weighted by Crippen LogP contribution is 2.27. The zero-order valence-corrected chi connectivity index (χ0v) is 12.5. The van der Waals surface area contributed by atoms with E-state index in [0.717, 1.165) is 30.2 Å². The fourth-order valence-electron chi connectivity index (χ4n) is 3.64. The maximum absolute atomic E-state index is 12.4. The van der Waals surface area contributed by atoms with Gasteiger partial charge in [-0.15, -0.1) is 0 Å². The highest BCUT2D eigenvalue weighted by molar-refractivity contribution is 5.92. The third-order valence-corrected chi connectivity index (χ3v) is 4.69. The fourth-order valence-corrected chi connectivity index (χ4v) is 3.64. The first kappa shape index (κ1) is 13.6. The number of nitrogens with zero attached hydrogens (tertiary/aromatic N) is 1. The molecule has 1 amide bonds. The van der Waals surface area contributed by atoms with Gasteiger partial charge in [-0.2, -0.15) is 0 Å². The number of nitrogens with one attached hydrogen (secondary N) is 1. The first-order valence-corrected chi connectivity index (χ1v) is 7.96. The van der Waals surface area contributed by atoms with Crippen molar-refractivity contribution >= 4 is 5.91 Å². The minimum Gasteiger partial charge on any atom is -0.451 e. The van der Waals surface area contributed by atoms with E-state index in [-0.39, 0.29) is 11.9 Å². The van der Waals surface area contributed by atoms with E-state index in [9.17, 15) is 4.79 Å². The molecule has 114 valence electrons. The zero-order chi connectivity index (χ0) is 14.9. The van der Waals surface area contributed by atoms with Crippen LogP contribution in [-0.2, 0) is 0 Å². The molecule has 4 rings (SSSR count). The lowest BCUT2D eigenvalue weighted by molar-refractivity contribution is 0.0882. The Morgan fingerprint density at radius 3 is 2.82 bits per heavy atom. The summed E-state index contributed by atoms with van der Waals surface area (Å²) in [5, 5.41) is 3.13. The molecule has 22 heavy (non-hydrogen) atoms. The molecule has 1 aromatic carbocycles. The smallest absolute Gasteiger partial charge is 0.287 e. The molecule has 1 aromatic heterocycles. The Morgan fingerprint density at radius 2 is 2.00 bits per heavy atom. The second-order valence-electron chi connectivity index (χ2n) is 6.35. The molecule has 1 N–H and O–H groups in total. The number of rotatable bonds is 3. The lowest BCUT2D eigenvalue weighted by Gasteiger charge is -2.30. The summed E-state index contributed by atoms with van der Waals surface area (Å²) in [6.45, 7) is 3.34. The minimum atomic E-state index is -0.102. The maximum Gasteiger partial charge on any atom is 0.287 e. The van der Waals surface area contributed by atoms with Gasteiger partial charge in [-0.25, -0.2) is 0 Å². The third-order valence-electron chi connectivity index (χ3n) is 4.69. The number of fused-ring (bicyclic) bond motifs is 2. The van der Waals surface area contributed by atoms with Crippen molar-refractivity contribution in [2.75, 3.05) is 19.6 Å². The molecule has 3 heterocycles. The van der Waals surface area contributed by atoms with Crippen molar-refractivity contribution in [2.45, 2.75) is 18.9 Å². The van der Waals surface area contributed by atoms with Gasteiger partial charge < -0.3 is 14.6 Å². The molecule has 2 aliphatic rings. The van der Waals surface area contributed by atoms with E-state index >= 15 is 0 Å². The van der Waals surface area contributed by atoms with Gasteiger partial charge in [0, 0.05) is 24.7 Å². The largest absolute Gasteiger partial charge is 0.451 e. The number of carbonyl (C=O) groups excluding carboxylic acids is 1. The van der Waals surface area contributed by atoms with Crippen molar-refractivity contribution in [3.8, 4) is 11.3 Å². The van der Waals surface area contributed by atoms with E-state index in [1.54, 1.807) is 6.07 Å². The van der Waals surface area contributed by atoms with Crippen LogP contribution in [-0.4, -0.2) is 36.5 Å². The minimum absolute atomic E-state index is 0.102. The molecule has 2 saturated heterocycles. The number of benzene rings is 1. The number of furan rings is 1. The average molecular weight is 296 g/mol. The Hall–Kier alpha value is -2.07. The predicted octanol–water partition coefficient (Wildman–Crippen LogP) is 2.77. The van der Waals surface area contributed by atoms with Crippen LogP contribution in [0.25, 0.3) is 11.3 Å². The predicted molar refractivity (Wildman–Crippen MR) is 84.6 cm³/mol. The molecule has 0 aliphatic carbocycles. The molecular formula is C18H20N2O2. The zero-order valence-electron chi connectivity index (χ0n) is 12.5. The summed E-state index contributed by atoms with van der Waals surface area (Å²) in [6, 6.07) is 13.7. The number of hydrogen-bond donors (Lipinski definition) is 1. The maximum atomic E-state index is 12.4. The monoisotopic (exact) mass is 296 g/mol. The fraction of sp³-hybridized carbons (Fsp3) is 0.389. The van der Waals surface area contributed by atoms with Crippen LogP contribution in [0.2, 0.25) is 0 Å². The van der Waals surface area contributed by atoms with Crippen LogP contribution in [0.15, 0.2) is 46.9 Å². The SMILES string of the molecule is O=C(N[C@@H]1C[C@@H]2CCN(C2)C1)c1ccc(-c2ccccc2)o1. The molecule has 0 saturated carbocycles. The normalized spacial score (nSPS) is 26.8. The third kappa shape index (κ3) is 2.66. The van der Waals surface area contributed by atoms with Gasteiger partial charge in [-0.05, 0) is 37.4 Å². The summed E-state index contributed by atoms with van der Waals surface area (Å²) in [4.78, 5) is 14.8. The molecule has 0 radical (unpaired) electrons. The molecular weight excluding hydrogens is 276 g/mol. The molecule has 2 fully saturated rings. The average Bonchev–Trinajstić information content (AvgIpc) is 3.15. The van der Waals surface area contributed by atoms with Gasteiger partial charge in [0.1, 0.15) is 5.76 Å². The molecule has 2 bridgehead atoms. The Morgan fingerprint density at radius 1 is 1.14 bits per heavy atom. The van der Waals surface area contributed by atoms with Gasteiger partial charge in [-0.3, -0.25) is 4.79 Å². The molecule has 3 atom stereocenters. The summed E-state index contributed by atoms with van der Waals surface area (Å²) >= 11 is 0. The molecule has 4 heteroatoms. The summed E-state index contributed by atoms with van der Waals surface area (Å²) in [5.74, 6) is 1.77. The van der Waals surface area contributed by atoms with E-state index in [1.807, 2.05) is 36.4 Å². The second-order valence-corrected chi connectivity index (χ2v) is 6.35. The molecule has 0 spiro atoms. The highest BCUT2D eigenvalue weighted by Gasteiger charge is 2.33. The van der Waals surface area contributed by atoms with Crippen LogP contribution in [0.5, 0.6) is 0 Å². The Bertz CT molecular complexity index is 653. The number of carbonyl (C=O) groups is 1. The summed E-state index contributed by atoms with van der Waals surface area (Å²) < 4.78 is 5.72. The van der Waals surface area contributed by atoms with E-state index in [4.69, 9.17) is 4.42 Å². The van der Waals surface area contributed by atoms with Crippen molar-refractivity contribution in [1.82, 2.24) is 10.2 Å². The van der Waals surface area contributed by atoms with Gasteiger partial charge in [0.2, 0.25) is 0 Å². The summed E-state index contributed by atoms with van der Waals surface area (Å²) in [6.07, 6.45) is 2.36. The number of amides is 1. The van der Waals surface area contributed by atoms with Crippen LogP contribution in [0.1, 0.15) is 23.4 Å². The van der Waals surface area contributed by atoms with E-state index in [2.05, 4.69) is 10.2 Å². The lowest BCUT2D eigenvalue weighted by atomic mass is 9.97. The standard InChI is InChI=1S/C18H20N2O2/c21-18(19-15-10-13-8-9-20(11-13)12-15)17-7-6-16(22-17)14-4-2-1-3-5-14/h1-7,13,15H,8-12H2,(H,19,21)/t13-,15+/m0/s1. The molecule has 2 aromatic rings. The van der Waals surface area contributed by atoms with Crippen LogP contribution >= 0.6 is 0 Å². The number of piperidine rings is 1. The topological polar surface area (TPSA) is 45.5 Å². The molecule has 4 nitrogen and oxygen atoms in total. The second kappa shape index (κ2) is 5.61. The van der Waals surface area contributed by atoms with Gasteiger partial charge in [-0.1, -0.05) is 30.3 Å². The van der Waals surface area contributed by atoms with E-state index in [0.29, 0.717) is 5.76 Å². The molecule has 1 unspecified atom stereocenters. The van der Waals surface area contributed by atoms with E-state index < -0.39 is 0 Å². The van der Waals surface area contributed by atoms with E-state index in [1.165, 1.54) is 19.5 Å². The molecule has 2 aliphatic heterocycles. The van der Waals surface area contributed by atoms with Crippen LogP contribution < -0.4 is 5.32 Å². The Kier molecular flexibility index (Phi) is 3.47. The van der Waals surface area contributed by atoms with Crippen molar-refractivity contribution in [1.29, 1.82) is 0 Å². The van der Waals surface area contributed by atoms with Crippen molar-refractivity contribution < 1.29 is 9.21 Å².